The van der Waals surface area contributed by atoms with E-state index in [0.717, 1.165) is 32.3 Å². The number of benzene rings is 1. The normalized spacial score (nSPS) is 23.7. The van der Waals surface area contributed by atoms with Crippen molar-refractivity contribution in [1.29, 1.82) is 5.26 Å². The van der Waals surface area contributed by atoms with E-state index in [1.165, 1.54) is 6.42 Å². The Hall–Kier alpha value is -1.73. The van der Waals surface area contributed by atoms with Gasteiger partial charge in [0.25, 0.3) is 0 Å². The Morgan fingerprint density at radius 3 is 2.85 bits per heavy atom. The molecular weight excluding hydrogens is 254 g/mol. The molecule has 2 aliphatic rings. The smallest absolute Gasteiger partial charge is 0.162 e. The molecule has 4 nitrogen and oxygen atoms in total. The fourth-order valence-corrected chi connectivity index (χ4v) is 3.02. The Kier molecular flexibility index (Phi) is 3.54. The van der Waals surface area contributed by atoms with Crippen LogP contribution in [0.1, 0.15) is 37.7 Å². The SMILES string of the molecule is COc1cc(C#N)ccc1OC1CCOC2(CCC2)C1. The van der Waals surface area contributed by atoms with Gasteiger partial charge in [-0.2, -0.15) is 5.26 Å². The van der Waals surface area contributed by atoms with Crippen LogP contribution in [0.3, 0.4) is 0 Å². The van der Waals surface area contributed by atoms with E-state index in [1.54, 1.807) is 19.2 Å². The van der Waals surface area contributed by atoms with E-state index in [9.17, 15) is 0 Å². The van der Waals surface area contributed by atoms with Crippen LogP contribution in [0.4, 0.5) is 0 Å². The third-order valence-electron chi connectivity index (χ3n) is 4.30. The lowest BCUT2D eigenvalue weighted by Crippen LogP contribution is -2.48. The van der Waals surface area contributed by atoms with Gasteiger partial charge in [-0.1, -0.05) is 0 Å². The molecule has 1 saturated carbocycles. The van der Waals surface area contributed by atoms with E-state index in [0.29, 0.717) is 17.1 Å². The molecule has 0 amide bonds. The van der Waals surface area contributed by atoms with Crippen molar-refractivity contribution in [2.45, 2.75) is 43.8 Å². The second kappa shape index (κ2) is 5.34. The number of hydrogen-bond acceptors (Lipinski definition) is 4. The number of hydrogen-bond donors (Lipinski definition) is 0. The number of nitriles is 1. The maximum absolute atomic E-state index is 8.92. The maximum atomic E-state index is 8.92. The van der Waals surface area contributed by atoms with E-state index in [1.807, 2.05) is 6.07 Å². The van der Waals surface area contributed by atoms with Crippen molar-refractivity contribution in [1.82, 2.24) is 0 Å². The standard InChI is InChI=1S/C16H19NO3/c1-18-15-9-12(11-17)3-4-14(15)20-13-5-8-19-16(10-13)6-2-7-16/h3-4,9,13H,2,5-8,10H2,1H3. The van der Waals surface area contributed by atoms with E-state index >= 15 is 0 Å². The summed E-state index contributed by atoms with van der Waals surface area (Å²) in [6, 6.07) is 7.40. The van der Waals surface area contributed by atoms with Gasteiger partial charge in [-0.05, 0) is 31.4 Å². The van der Waals surface area contributed by atoms with Crippen molar-refractivity contribution in [2.75, 3.05) is 13.7 Å². The number of rotatable bonds is 3. The first kappa shape index (κ1) is 13.3. The zero-order valence-corrected chi connectivity index (χ0v) is 11.7. The minimum absolute atomic E-state index is 0.0722. The number of methoxy groups -OCH3 is 1. The van der Waals surface area contributed by atoms with Gasteiger partial charge in [0, 0.05) is 18.9 Å². The highest BCUT2D eigenvalue weighted by atomic mass is 16.5. The fraction of sp³-hybridized carbons (Fsp3) is 0.562. The summed E-state index contributed by atoms with van der Waals surface area (Å²) in [4.78, 5) is 0. The molecule has 4 heteroatoms. The highest BCUT2D eigenvalue weighted by Gasteiger charge is 2.43. The lowest BCUT2D eigenvalue weighted by molar-refractivity contribution is -0.153. The number of ether oxygens (including phenoxy) is 3. The first-order valence-corrected chi connectivity index (χ1v) is 7.13. The molecule has 1 spiro atoms. The van der Waals surface area contributed by atoms with Gasteiger partial charge >= 0.3 is 0 Å². The summed E-state index contributed by atoms with van der Waals surface area (Å²) in [7, 11) is 1.60. The number of nitrogens with zero attached hydrogens (tertiary/aromatic N) is 1. The molecule has 1 aromatic rings. The highest BCUT2D eigenvalue weighted by Crippen LogP contribution is 2.43. The summed E-state index contributed by atoms with van der Waals surface area (Å²) in [5.41, 5.74) is 0.652. The van der Waals surface area contributed by atoms with Gasteiger partial charge in [-0.15, -0.1) is 0 Å². The van der Waals surface area contributed by atoms with Crippen molar-refractivity contribution in [3.05, 3.63) is 23.8 Å². The van der Waals surface area contributed by atoms with Gasteiger partial charge in [0.05, 0.1) is 31.0 Å². The first-order valence-electron chi connectivity index (χ1n) is 7.13. The van der Waals surface area contributed by atoms with Crippen LogP contribution in [0, 0.1) is 11.3 Å². The summed E-state index contributed by atoms with van der Waals surface area (Å²) in [5.74, 6) is 1.34. The lowest BCUT2D eigenvalue weighted by Gasteiger charge is -2.46. The van der Waals surface area contributed by atoms with Gasteiger partial charge in [-0.3, -0.25) is 0 Å². The molecule has 1 saturated heterocycles. The Morgan fingerprint density at radius 1 is 1.35 bits per heavy atom. The quantitative estimate of drug-likeness (QED) is 0.849. The van der Waals surface area contributed by atoms with Crippen LogP contribution >= 0.6 is 0 Å². The van der Waals surface area contributed by atoms with Crippen molar-refractivity contribution >= 4 is 0 Å². The average molecular weight is 273 g/mol. The first-order chi connectivity index (χ1) is 9.74. The van der Waals surface area contributed by atoms with Crippen LogP contribution in [-0.4, -0.2) is 25.4 Å². The van der Waals surface area contributed by atoms with Crippen LogP contribution in [0.25, 0.3) is 0 Å². The van der Waals surface area contributed by atoms with E-state index in [-0.39, 0.29) is 11.7 Å². The van der Waals surface area contributed by atoms with Crippen molar-refractivity contribution in [3.8, 4) is 17.6 Å². The zero-order chi connectivity index (χ0) is 14.0. The monoisotopic (exact) mass is 273 g/mol. The molecule has 1 unspecified atom stereocenters. The molecule has 106 valence electrons. The maximum Gasteiger partial charge on any atom is 0.162 e. The molecule has 1 atom stereocenters. The molecule has 3 rings (SSSR count). The van der Waals surface area contributed by atoms with E-state index in [4.69, 9.17) is 19.5 Å². The third kappa shape index (κ3) is 2.46. The summed E-state index contributed by atoms with van der Waals surface area (Å²) in [6.07, 6.45) is 5.59. The van der Waals surface area contributed by atoms with Crippen LogP contribution in [0.15, 0.2) is 18.2 Å². The van der Waals surface area contributed by atoms with Gasteiger partial charge in [0.15, 0.2) is 11.5 Å². The minimum Gasteiger partial charge on any atom is -0.493 e. The average Bonchev–Trinajstić information content (AvgIpc) is 2.46. The Labute approximate surface area is 119 Å². The van der Waals surface area contributed by atoms with Crippen molar-refractivity contribution < 1.29 is 14.2 Å². The van der Waals surface area contributed by atoms with Crippen molar-refractivity contribution in [2.24, 2.45) is 0 Å². The van der Waals surface area contributed by atoms with Crippen molar-refractivity contribution in [3.63, 3.8) is 0 Å². The van der Waals surface area contributed by atoms with Gasteiger partial charge in [-0.25, -0.2) is 0 Å². The second-order valence-corrected chi connectivity index (χ2v) is 5.60. The molecule has 0 aromatic heterocycles. The zero-order valence-electron chi connectivity index (χ0n) is 11.7. The molecule has 20 heavy (non-hydrogen) atoms. The molecule has 1 heterocycles. The van der Waals surface area contributed by atoms with E-state index in [2.05, 4.69) is 6.07 Å². The topological polar surface area (TPSA) is 51.5 Å². The summed E-state index contributed by atoms with van der Waals surface area (Å²) >= 11 is 0. The van der Waals surface area contributed by atoms with Crippen LogP contribution in [-0.2, 0) is 4.74 Å². The summed E-state index contributed by atoms with van der Waals surface area (Å²) in [6.45, 7) is 0.767. The minimum atomic E-state index is 0.0722. The molecule has 1 aliphatic carbocycles. The van der Waals surface area contributed by atoms with Gasteiger partial charge in [0.1, 0.15) is 6.10 Å². The molecule has 2 fully saturated rings. The molecule has 1 aromatic carbocycles. The van der Waals surface area contributed by atoms with Crippen LogP contribution in [0.5, 0.6) is 11.5 Å². The van der Waals surface area contributed by atoms with Gasteiger partial charge < -0.3 is 14.2 Å². The molecule has 1 aliphatic heterocycles. The predicted molar refractivity (Wildman–Crippen MR) is 73.9 cm³/mol. The van der Waals surface area contributed by atoms with E-state index < -0.39 is 0 Å². The Bertz CT molecular complexity index is 531. The Morgan fingerprint density at radius 2 is 2.20 bits per heavy atom. The molecular formula is C16H19NO3. The fourth-order valence-electron chi connectivity index (χ4n) is 3.02. The third-order valence-corrected chi connectivity index (χ3v) is 4.30. The van der Waals surface area contributed by atoms with Gasteiger partial charge in [0.2, 0.25) is 0 Å². The Balaban J connectivity index is 1.72. The largest absolute Gasteiger partial charge is 0.493 e. The highest BCUT2D eigenvalue weighted by molar-refractivity contribution is 5.46. The predicted octanol–water partition coefficient (Wildman–Crippen LogP) is 3.05. The lowest BCUT2D eigenvalue weighted by atomic mass is 9.74. The van der Waals surface area contributed by atoms with Crippen LogP contribution < -0.4 is 9.47 Å². The second-order valence-electron chi connectivity index (χ2n) is 5.60. The van der Waals surface area contributed by atoms with Crippen LogP contribution in [0.2, 0.25) is 0 Å². The summed E-state index contributed by atoms with van der Waals surface area (Å²) < 4.78 is 17.3. The summed E-state index contributed by atoms with van der Waals surface area (Å²) in [5, 5.41) is 8.92. The molecule has 0 bridgehead atoms. The molecule has 0 radical (unpaired) electrons. The molecule has 0 N–H and O–H groups in total.